The van der Waals surface area contributed by atoms with E-state index in [1.165, 1.54) is 12.1 Å². The van der Waals surface area contributed by atoms with Gasteiger partial charge in [-0.2, -0.15) is 0 Å². The lowest BCUT2D eigenvalue weighted by atomic mass is 10.2. The summed E-state index contributed by atoms with van der Waals surface area (Å²) in [6.07, 6.45) is 0. The summed E-state index contributed by atoms with van der Waals surface area (Å²) in [5.41, 5.74) is 6.70. The van der Waals surface area contributed by atoms with Gasteiger partial charge < -0.3 is 5.73 Å². The van der Waals surface area contributed by atoms with Crippen molar-refractivity contribution in [1.29, 1.82) is 0 Å². The fourth-order valence-electron chi connectivity index (χ4n) is 0.753. The fourth-order valence-corrected chi connectivity index (χ4v) is 1.08. The molecular weight excluding hydrogens is 197 g/mol. The number of hydrogen-bond donors (Lipinski definition) is 1. The molecule has 0 aliphatic carbocycles. The maximum atomic E-state index is 12.5. The lowest BCUT2D eigenvalue weighted by Gasteiger charge is -1.97. The van der Waals surface area contributed by atoms with E-state index in [4.69, 9.17) is 5.73 Å². The van der Waals surface area contributed by atoms with Gasteiger partial charge >= 0.3 is 0 Å². The maximum Gasteiger partial charge on any atom is 0.125 e. The minimum atomic E-state index is -0.283. The lowest BCUT2D eigenvalue weighted by molar-refractivity contribution is 0.627. The third kappa shape index (κ3) is 1.70. The molecule has 1 rings (SSSR count). The molecule has 1 aromatic rings. The molecule has 54 valence electrons. The molecule has 0 heterocycles. The van der Waals surface area contributed by atoms with Crippen molar-refractivity contribution >= 4 is 21.6 Å². The van der Waals surface area contributed by atoms with E-state index in [1.54, 1.807) is 6.07 Å². The number of nitrogens with two attached hydrogens (primary N) is 1. The van der Waals surface area contributed by atoms with Crippen molar-refractivity contribution in [3.05, 3.63) is 29.6 Å². The molecule has 0 bridgehead atoms. The predicted molar refractivity (Wildman–Crippen MR) is 43.4 cm³/mol. The van der Waals surface area contributed by atoms with Gasteiger partial charge in [0.15, 0.2) is 0 Å². The Morgan fingerprint density at radius 1 is 1.40 bits per heavy atom. The van der Waals surface area contributed by atoms with Gasteiger partial charge in [-0.05, 0) is 23.8 Å². The second-order valence-corrected chi connectivity index (χ2v) is 2.59. The lowest BCUT2D eigenvalue weighted by Crippen LogP contribution is -1.88. The molecule has 10 heavy (non-hydrogen) atoms. The Labute approximate surface area is 67.2 Å². The van der Waals surface area contributed by atoms with Gasteiger partial charge in [0, 0.05) is 11.0 Å². The van der Waals surface area contributed by atoms with Crippen LogP contribution in [-0.4, -0.2) is 0 Å². The number of halogens is 2. The summed E-state index contributed by atoms with van der Waals surface area (Å²) in [5, 5.41) is 0.634. The van der Waals surface area contributed by atoms with Crippen molar-refractivity contribution in [2.24, 2.45) is 0 Å². The zero-order chi connectivity index (χ0) is 7.56. The predicted octanol–water partition coefficient (Wildman–Crippen LogP) is 2.30. The van der Waals surface area contributed by atoms with Crippen LogP contribution in [-0.2, 0) is 5.33 Å². The zero-order valence-corrected chi connectivity index (χ0v) is 6.86. The molecule has 0 radical (unpaired) electrons. The van der Waals surface area contributed by atoms with Crippen LogP contribution >= 0.6 is 15.9 Å². The van der Waals surface area contributed by atoms with Crippen molar-refractivity contribution < 1.29 is 4.39 Å². The van der Waals surface area contributed by atoms with Crippen LogP contribution in [0, 0.1) is 5.82 Å². The van der Waals surface area contributed by atoms with Gasteiger partial charge in [-0.15, -0.1) is 0 Å². The van der Waals surface area contributed by atoms with Crippen molar-refractivity contribution in [2.75, 3.05) is 5.73 Å². The Morgan fingerprint density at radius 2 is 2.10 bits per heavy atom. The van der Waals surface area contributed by atoms with E-state index in [2.05, 4.69) is 15.9 Å². The zero-order valence-electron chi connectivity index (χ0n) is 5.27. The van der Waals surface area contributed by atoms with Crippen molar-refractivity contribution in [1.82, 2.24) is 0 Å². The summed E-state index contributed by atoms with van der Waals surface area (Å²) in [6.45, 7) is 0. The standard InChI is InChI=1S/C7H7BrFN/c8-4-5-1-6(9)3-7(10)2-5/h1-3H,4,10H2. The average molecular weight is 204 g/mol. The Hall–Kier alpha value is -0.570. The number of hydrogen-bond acceptors (Lipinski definition) is 1. The van der Waals surface area contributed by atoms with E-state index in [1.807, 2.05) is 0 Å². The highest BCUT2D eigenvalue weighted by Crippen LogP contribution is 2.12. The van der Waals surface area contributed by atoms with Crippen LogP contribution in [0.3, 0.4) is 0 Å². The molecule has 0 spiro atoms. The third-order valence-corrected chi connectivity index (χ3v) is 1.78. The molecule has 1 aromatic carbocycles. The van der Waals surface area contributed by atoms with Crippen LogP contribution in [0.15, 0.2) is 18.2 Å². The topological polar surface area (TPSA) is 26.0 Å². The molecule has 0 aromatic heterocycles. The Balaban J connectivity index is 3.06. The fraction of sp³-hybridized carbons (Fsp3) is 0.143. The minimum Gasteiger partial charge on any atom is -0.399 e. The van der Waals surface area contributed by atoms with Gasteiger partial charge in [-0.3, -0.25) is 0 Å². The van der Waals surface area contributed by atoms with Crippen LogP contribution in [0.1, 0.15) is 5.56 Å². The molecular formula is C7H7BrFN. The Kier molecular flexibility index (Phi) is 2.27. The van der Waals surface area contributed by atoms with E-state index < -0.39 is 0 Å². The van der Waals surface area contributed by atoms with Gasteiger partial charge in [0.2, 0.25) is 0 Å². The van der Waals surface area contributed by atoms with Crippen LogP contribution in [0.25, 0.3) is 0 Å². The first-order valence-electron chi connectivity index (χ1n) is 2.83. The van der Waals surface area contributed by atoms with E-state index in [0.29, 0.717) is 11.0 Å². The number of anilines is 1. The molecule has 2 N–H and O–H groups in total. The van der Waals surface area contributed by atoms with Crippen molar-refractivity contribution in [2.45, 2.75) is 5.33 Å². The Bertz CT molecular complexity index is 217. The molecule has 0 saturated carbocycles. The quantitative estimate of drug-likeness (QED) is 0.551. The monoisotopic (exact) mass is 203 g/mol. The minimum absolute atomic E-state index is 0.283. The molecule has 0 saturated heterocycles. The highest BCUT2D eigenvalue weighted by atomic mass is 79.9. The summed E-state index contributed by atoms with van der Waals surface area (Å²) in [7, 11) is 0. The number of rotatable bonds is 1. The number of nitrogen functional groups attached to an aromatic ring is 1. The van der Waals surface area contributed by atoms with E-state index >= 15 is 0 Å². The normalized spacial score (nSPS) is 9.80. The summed E-state index contributed by atoms with van der Waals surface area (Å²) in [6, 6.07) is 4.48. The van der Waals surface area contributed by atoms with E-state index in [9.17, 15) is 4.39 Å². The summed E-state index contributed by atoms with van der Waals surface area (Å²) in [5.74, 6) is -0.283. The van der Waals surface area contributed by atoms with Gasteiger partial charge in [0.05, 0.1) is 0 Å². The molecule has 0 aliphatic rings. The second kappa shape index (κ2) is 3.01. The molecule has 0 atom stereocenters. The van der Waals surface area contributed by atoms with Crippen molar-refractivity contribution in [3.63, 3.8) is 0 Å². The first-order chi connectivity index (χ1) is 4.72. The van der Waals surface area contributed by atoms with Crippen molar-refractivity contribution in [3.8, 4) is 0 Å². The van der Waals surface area contributed by atoms with E-state index in [-0.39, 0.29) is 5.82 Å². The molecule has 1 nitrogen and oxygen atoms in total. The maximum absolute atomic E-state index is 12.5. The average Bonchev–Trinajstić information content (AvgIpc) is 1.85. The highest BCUT2D eigenvalue weighted by molar-refractivity contribution is 9.08. The highest BCUT2D eigenvalue weighted by Gasteiger charge is 1.95. The SMILES string of the molecule is Nc1cc(F)cc(CBr)c1. The number of alkyl halides is 1. The van der Waals surface area contributed by atoms with Gasteiger partial charge in [-0.1, -0.05) is 15.9 Å². The largest absolute Gasteiger partial charge is 0.399 e. The smallest absolute Gasteiger partial charge is 0.125 e. The first-order valence-corrected chi connectivity index (χ1v) is 3.95. The van der Waals surface area contributed by atoms with Crippen LogP contribution in [0.2, 0.25) is 0 Å². The summed E-state index contributed by atoms with van der Waals surface area (Å²) >= 11 is 3.20. The van der Waals surface area contributed by atoms with Gasteiger partial charge in [0.25, 0.3) is 0 Å². The van der Waals surface area contributed by atoms with Gasteiger partial charge in [0.1, 0.15) is 5.82 Å². The summed E-state index contributed by atoms with van der Waals surface area (Å²) < 4.78 is 12.5. The molecule has 0 fully saturated rings. The molecule has 3 heteroatoms. The van der Waals surface area contributed by atoms with Crippen LogP contribution < -0.4 is 5.73 Å². The number of benzene rings is 1. The van der Waals surface area contributed by atoms with E-state index in [0.717, 1.165) is 5.56 Å². The third-order valence-electron chi connectivity index (χ3n) is 1.13. The second-order valence-electron chi connectivity index (χ2n) is 2.03. The summed E-state index contributed by atoms with van der Waals surface area (Å²) in [4.78, 5) is 0. The molecule has 0 aliphatic heterocycles. The van der Waals surface area contributed by atoms with Crippen LogP contribution in [0.4, 0.5) is 10.1 Å². The molecule has 0 amide bonds. The Morgan fingerprint density at radius 3 is 2.60 bits per heavy atom. The van der Waals surface area contributed by atoms with Crippen LogP contribution in [0.5, 0.6) is 0 Å². The van der Waals surface area contributed by atoms with Gasteiger partial charge in [-0.25, -0.2) is 4.39 Å². The first kappa shape index (κ1) is 7.54. The molecule has 0 unspecified atom stereocenters.